The Kier molecular flexibility index (Phi) is 6.90. The minimum absolute atomic E-state index is 0.0810. The normalized spacial score (nSPS) is 17.0. The number of aromatic nitrogens is 2. The van der Waals surface area contributed by atoms with Gasteiger partial charge in [-0.15, -0.1) is 10.2 Å². The third-order valence-corrected chi connectivity index (χ3v) is 6.66. The second kappa shape index (κ2) is 9.38. The lowest BCUT2D eigenvalue weighted by Crippen LogP contribution is -2.51. The highest BCUT2D eigenvalue weighted by molar-refractivity contribution is 8.01. The number of nitrogens with one attached hydrogen (secondary N) is 1. The molecule has 0 bridgehead atoms. The average Bonchev–Trinajstić information content (AvgIpc) is 3.13. The van der Waals surface area contributed by atoms with Crippen molar-refractivity contribution in [2.45, 2.75) is 49.4 Å². The molecule has 0 spiro atoms. The van der Waals surface area contributed by atoms with E-state index in [1.807, 2.05) is 12.1 Å². The molecule has 1 aromatic carbocycles. The third kappa shape index (κ3) is 5.23. The van der Waals surface area contributed by atoms with Gasteiger partial charge in [0.1, 0.15) is 6.04 Å². The van der Waals surface area contributed by atoms with E-state index in [2.05, 4.69) is 41.5 Å². The zero-order valence-corrected chi connectivity index (χ0v) is 17.7. The van der Waals surface area contributed by atoms with Crippen LogP contribution in [-0.4, -0.2) is 45.3 Å². The quantitative estimate of drug-likeness (QED) is 0.667. The van der Waals surface area contributed by atoms with Crippen molar-refractivity contribution in [1.29, 1.82) is 0 Å². The smallest absolute Gasteiger partial charge is 0.240 e. The van der Waals surface area contributed by atoms with Crippen molar-refractivity contribution in [3.05, 3.63) is 29.8 Å². The first-order chi connectivity index (χ1) is 13.4. The Labute approximate surface area is 173 Å². The molecule has 2 amide bonds. The zero-order valence-electron chi connectivity index (χ0n) is 16.1. The average molecular weight is 420 g/mol. The summed E-state index contributed by atoms with van der Waals surface area (Å²) in [5.41, 5.74) is 7.67. The Morgan fingerprint density at radius 3 is 2.71 bits per heavy atom. The van der Waals surface area contributed by atoms with Crippen molar-refractivity contribution in [3.8, 4) is 0 Å². The molecule has 2 aromatic rings. The summed E-state index contributed by atoms with van der Waals surface area (Å²) >= 11 is 2.74. The van der Waals surface area contributed by atoms with E-state index in [1.54, 1.807) is 4.90 Å². The van der Waals surface area contributed by atoms with Crippen LogP contribution in [0.5, 0.6) is 0 Å². The highest BCUT2D eigenvalue weighted by atomic mass is 32.2. The van der Waals surface area contributed by atoms with Crippen molar-refractivity contribution in [3.63, 3.8) is 0 Å². The number of piperidine rings is 1. The van der Waals surface area contributed by atoms with Gasteiger partial charge in [0, 0.05) is 12.2 Å². The molecule has 0 aliphatic carbocycles. The molecule has 9 heteroatoms. The van der Waals surface area contributed by atoms with Crippen molar-refractivity contribution in [1.82, 2.24) is 15.1 Å². The summed E-state index contributed by atoms with van der Waals surface area (Å²) in [7, 11) is 0. The second-order valence-electron chi connectivity index (χ2n) is 7.06. The van der Waals surface area contributed by atoms with Crippen LogP contribution in [-0.2, 0) is 9.59 Å². The number of thioether (sulfide) groups is 1. The summed E-state index contributed by atoms with van der Waals surface area (Å²) in [6.45, 7) is 4.91. The second-order valence-corrected chi connectivity index (χ2v) is 9.26. The minimum Gasteiger partial charge on any atom is -0.368 e. The maximum atomic E-state index is 12.5. The lowest BCUT2D eigenvalue weighted by Gasteiger charge is -2.33. The van der Waals surface area contributed by atoms with Crippen molar-refractivity contribution in [2.24, 2.45) is 5.73 Å². The van der Waals surface area contributed by atoms with Gasteiger partial charge in [-0.1, -0.05) is 49.1 Å². The van der Waals surface area contributed by atoms with Gasteiger partial charge in [-0.25, -0.2) is 0 Å². The van der Waals surface area contributed by atoms with Gasteiger partial charge in [-0.3, -0.25) is 9.59 Å². The molecule has 1 aliphatic rings. The number of nitrogens with zero attached hydrogens (tertiary/aromatic N) is 3. The number of nitrogens with two attached hydrogens (primary N) is 1. The Balaban J connectivity index is 1.54. The molecule has 0 unspecified atom stereocenters. The number of benzene rings is 1. The SMILES string of the molecule is CC(C)c1ccc(Nc2nnc(SCC(=O)N3CCCC[C@H]3C(N)=O)s2)cc1. The summed E-state index contributed by atoms with van der Waals surface area (Å²) in [5.74, 6) is 0.207. The first-order valence-corrected chi connectivity index (χ1v) is 11.2. The Hall–Kier alpha value is -2.13. The molecule has 150 valence electrons. The van der Waals surface area contributed by atoms with E-state index < -0.39 is 11.9 Å². The summed E-state index contributed by atoms with van der Waals surface area (Å²) in [6.07, 6.45) is 2.48. The van der Waals surface area contributed by atoms with Gasteiger partial charge in [0.2, 0.25) is 16.9 Å². The van der Waals surface area contributed by atoms with E-state index in [1.165, 1.54) is 28.7 Å². The highest BCUT2D eigenvalue weighted by Crippen LogP contribution is 2.29. The highest BCUT2D eigenvalue weighted by Gasteiger charge is 2.30. The molecular formula is C19H25N5O2S2. The van der Waals surface area contributed by atoms with E-state index in [0.717, 1.165) is 18.5 Å². The molecule has 2 heterocycles. The van der Waals surface area contributed by atoms with E-state index in [9.17, 15) is 9.59 Å². The number of likely N-dealkylation sites (tertiary alicyclic amines) is 1. The number of carbonyl (C=O) groups excluding carboxylic acids is 2. The maximum Gasteiger partial charge on any atom is 0.240 e. The van der Waals surface area contributed by atoms with Crippen LogP contribution < -0.4 is 11.1 Å². The van der Waals surface area contributed by atoms with E-state index in [0.29, 0.717) is 28.4 Å². The van der Waals surface area contributed by atoms with E-state index in [-0.39, 0.29) is 11.7 Å². The number of carbonyl (C=O) groups is 2. The van der Waals surface area contributed by atoms with Crippen LogP contribution in [0.2, 0.25) is 0 Å². The number of amides is 2. The molecule has 3 N–H and O–H groups in total. The predicted octanol–water partition coefficient (Wildman–Crippen LogP) is 3.36. The fourth-order valence-electron chi connectivity index (χ4n) is 3.13. The van der Waals surface area contributed by atoms with Crippen molar-refractivity contribution >= 4 is 45.7 Å². The summed E-state index contributed by atoms with van der Waals surface area (Å²) in [5, 5.41) is 12.2. The fourth-order valence-corrected chi connectivity index (χ4v) is 4.78. The molecule has 1 aromatic heterocycles. The number of primary amides is 1. The molecule has 1 fully saturated rings. The van der Waals surface area contributed by atoms with Gasteiger partial charge in [0.25, 0.3) is 0 Å². The van der Waals surface area contributed by atoms with Crippen molar-refractivity contribution in [2.75, 3.05) is 17.6 Å². The van der Waals surface area contributed by atoms with Crippen LogP contribution in [0.4, 0.5) is 10.8 Å². The van der Waals surface area contributed by atoms with Crippen LogP contribution in [0.1, 0.15) is 44.6 Å². The number of hydrogen-bond donors (Lipinski definition) is 2. The van der Waals surface area contributed by atoms with Crippen LogP contribution in [0.25, 0.3) is 0 Å². The van der Waals surface area contributed by atoms with Gasteiger partial charge in [-0.2, -0.15) is 0 Å². The summed E-state index contributed by atoms with van der Waals surface area (Å²) in [4.78, 5) is 25.7. The first-order valence-electron chi connectivity index (χ1n) is 9.36. The molecule has 1 saturated heterocycles. The monoisotopic (exact) mass is 419 g/mol. The topological polar surface area (TPSA) is 101 Å². The maximum absolute atomic E-state index is 12.5. The number of hydrogen-bond acceptors (Lipinski definition) is 7. The molecule has 1 aliphatic heterocycles. The molecule has 0 saturated carbocycles. The van der Waals surface area contributed by atoms with Gasteiger partial charge >= 0.3 is 0 Å². The van der Waals surface area contributed by atoms with Crippen LogP contribution in [0.3, 0.4) is 0 Å². The number of rotatable bonds is 7. The lowest BCUT2D eigenvalue weighted by atomic mass is 10.0. The molecule has 7 nitrogen and oxygen atoms in total. The standard InChI is InChI=1S/C19H25N5O2S2/c1-12(2)13-6-8-14(9-7-13)21-18-22-23-19(28-18)27-11-16(25)24-10-4-3-5-15(24)17(20)26/h6-9,12,15H,3-5,10-11H2,1-2H3,(H2,20,26)(H,21,22)/t15-/m0/s1. The first kappa shape index (κ1) is 20.6. The van der Waals surface area contributed by atoms with E-state index in [4.69, 9.17) is 5.73 Å². The van der Waals surface area contributed by atoms with Crippen molar-refractivity contribution < 1.29 is 9.59 Å². The van der Waals surface area contributed by atoms with Gasteiger partial charge < -0.3 is 16.0 Å². The molecule has 3 rings (SSSR count). The predicted molar refractivity (Wildman–Crippen MR) is 113 cm³/mol. The van der Waals surface area contributed by atoms with Gasteiger partial charge in [0.05, 0.1) is 5.75 Å². The summed E-state index contributed by atoms with van der Waals surface area (Å²) in [6, 6.07) is 7.75. The Bertz CT molecular complexity index is 822. The zero-order chi connectivity index (χ0) is 20.1. The Morgan fingerprint density at radius 2 is 2.04 bits per heavy atom. The largest absolute Gasteiger partial charge is 0.368 e. The summed E-state index contributed by atoms with van der Waals surface area (Å²) < 4.78 is 0.710. The fraction of sp³-hybridized carbons (Fsp3) is 0.474. The number of anilines is 2. The van der Waals surface area contributed by atoms with E-state index >= 15 is 0 Å². The van der Waals surface area contributed by atoms with Crippen LogP contribution in [0.15, 0.2) is 28.6 Å². The molecule has 0 radical (unpaired) electrons. The molecular weight excluding hydrogens is 394 g/mol. The van der Waals surface area contributed by atoms with Gasteiger partial charge in [-0.05, 0) is 42.9 Å². The lowest BCUT2D eigenvalue weighted by molar-refractivity contribution is -0.138. The van der Waals surface area contributed by atoms with Gasteiger partial charge in [0.15, 0.2) is 4.34 Å². The Morgan fingerprint density at radius 1 is 1.29 bits per heavy atom. The molecule has 28 heavy (non-hydrogen) atoms. The van der Waals surface area contributed by atoms with Crippen LogP contribution >= 0.6 is 23.1 Å². The van der Waals surface area contributed by atoms with Crippen LogP contribution in [0, 0.1) is 0 Å². The third-order valence-electron chi connectivity index (χ3n) is 4.71. The molecule has 1 atom stereocenters. The minimum atomic E-state index is -0.484.